The molecule has 6 nitrogen and oxygen atoms in total. The van der Waals surface area contributed by atoms with E-state index in [4.69, 9.17) is 4.74 Å². The SMILES string of the molecule is CCOc1ccccc1N1CCN(C(=O)[C@@H]2CCCC[C@@H]2C(=O)O)CC1. The fourth-order valence-corrected chi connectivity index (χ4v) is 4.12. The summed E-state index contributed by atoms with van der Waals surface area (Å²) in [6.45, 7) is 5.31. The third-order valence-electron chi connectivity index (χ3n) is 5.50. The molecule has 1 saturated carbocycles. The summed E-state index contributed by atoms with van der Waals surface area (Å²) in [5.41, 5.74) is 1.06. The highest BCUT2D eigenvalue weighted by Crippen LogP contribution is 2.33. The minimum Gasteiger partial charge on any atom is -0.492 e. The number of carbonyl (C=O) groups is 2. The van der Waals surface area contributed by atoms with Gasteiger partial charge in [-0.15, -0.1) is 0 Å². The van der Waals surface area contributed by atoms with E-state index >= 15 is 0 Å². The zero-order valence-electron chi connectivity index (χ0n) is 15.4. The van der Waals surface area contributed by atoms with Crippen LogP contribution >= 0.6 is 0 Å². The van der Waals surface area contributed by atoms with Gasteiger partial charge in [0.05, 0.1) is 24.1 Å². The van der Waals surface area contributed by atoms with Crippen LogP contribution in [0.2, 0.25) is 0 Å². The number of aliphatic carboxylic acids is 1. The molecule has 1 aromatic rings. The van der Waals surface area contributed by atoms with Crippen molar-refractivity contribution in [3.63, 3.8) is 0 Å². The fraction of sp³-hybridized carbons (Fsp3) is 0.600. The molecule has 3 rings (SSSR count). The van der Waals surface area contributed by atoms with E-state index in [1.807, 2.05) is 36.1 Å². The van der Waals surface area contributed by atoms with Crippen molar-refractivity contribution < 1.29 is 19.4 Å². The van der Waals surface area contributed by atoms with E-state index < -0.39 is 11.9 Å². The summed E-state index contributed by atoms with van der Waals surface area (Å²) < 4.78 is 5.71. The van der Waals surface area contributed by atoms with Gasteiger partial charge in [0.25, 0.3) is 0 Å². The van der Waals surface area contributed by atoms with Gasteiger partial charge in [0.1, 0.15) is 5.75 Å². The van der Waals surface area contributed by atoms with Gasteiger partial charge in [0.2, 0.25) is 5.91 Å². The largest absolute Gasteiger partial charge is 0.492 e. The number of amides is 1. The van der Waals surface area contributed by atoms with Crippen molar-refractivity contribution in [2.75, 3.05) is 37.7 Å². The molecule has 142 valence electrons. The van der Waals surface area contributed by atoms with Gasteiger partial charge < -0.3 is 19.6 Å². The quantitative estimate of drug-likeness (QED) is 0.874. The summed E-state index contributed by atoms with van der Waals surface area (Å²) in [5, 5.41) is 9.43. The number of carboxylic acid groups (broad SMARTS) is 1. The van der Waals surface area contributed by atoms with Gasteiger partial charge in [-0.25, -0.2) is 0 Å². The molecule has 1 aliphatic heterocycles. The molecule has 1 amide bonds. The fourth-order valence-electron chi connectivity index (χ4n) is 4.12. The molecule has 0 aromatic heterocycles. The van der Waals surface area contributed by atoms with Crippen molar-refractivity contribution in [3.8, 4) is 5.75 Å². The van der Waals surface area contributed by atoms with Crippen LogP contribution in [0.15, 0.2) is 24.3 Å². The summed E-state index contributed by atoms with van der Waals surface area (Å²) in [7, 11) is 0. The Kier molecular flexibility index (Phi) is 6.01. The highest BCUT2D eigenvalue weighted by Gasteiger charge is 2.38. The van der Waals surface area contributed by atoms with Crippen molar-refractivity contribution in [3.05, 3.63) is 24.3 Å². The molecule has 1 aromatic carbocycles. The summed E-state index contributed by atoms with van der Waals surface area (Å²) in [6, 6.07) is 7.97. The average molecular weight is 360 g/mol. The number of benzene rings is 1. The van der Waals surface area contributed by atoms with E-state index in [-0.39, 0.29) is 11.8 Å². The van der Waals surface area contributed by atoms with Crippen LogP contribution in [0.25, 0.3) is 0 Å². The number of carboxylic acids is 1. The Balaban J connectivity index is 1.63. The van der Waals surface area contributed by atoms with Gasteiger partial charge in [-0.1, -0.05) is 25.0 Å². The first-order chi connectivity index (χ1) is 12.6. The van der Waals surface area contributed by atoms with E-state index in [0.29, 0.717) is 32.5 Å². The summed E-state index contributed by atoms with van der Waals surface area (Å²) >= 11 is 0. The van der Waals surface area contributed by atoms with Crippen LogP contribution in [0.1, 0.15) is 32.6 Å². The highest BCUT2D eigenvalue weighted by atomic mass is 16.5. The van der Waals surface area contributed by atoms with Crippen molar-refractivity contribution in [2.45, 2.75) is 32.6 Å². The number of piperazine rings is 1. The van der Waals surface area contributed by atoms with Crippen molar-refractivity contribution in [2.24, 2.45) is 11.8 Å². The Labute approximate surface area is 154 Å². The van der Waals surface area contributed by atoms with Crippen LogP contribution in [0, 0.1) is 11.8 Å². The lowest BCUT2D eigenvalue weighted by atomic mass is 9.78. The molecule has 0 radical (unpaired) electrons. The second-order valence-electron chi connectivity index (χ2n) is 7.05. The summed E-state index contributed by atoms with van der Waals surface area (Å²) in [6.07, 6.45) is 3.17. The maximum absolute atomic E-state index is 12.9. The van der Waals surface area contributed by atoms with Crippen molar-refractivity contribution in [1.82, 2.24) is 4.90 Å². The standard InChI is InChI=1S/C20H28N2O4/c1-2-26-18-10-6-5-9-17(18)21-11-13-22(14-12-21)19(23)15-7-3-4-8-16(15)20(24)25/h5-6,9-10,15-16H,2-4,7-8,11-14H2,1H3,(H,24,25)/t15-,16+/m1/s1. The zero-order chi connectivity index (χ0) is 18.5. The maximum Gasteiger partial charge on any atom is 0.307 e. The third-order valence-corrected chi connectivity index (χ3v) is 5.50. The molecule has 2 aliphatic rings. The molecule has 1 aliphatic carbocycles. The van der Waals surface area contributed by atoms with Crippen LogP contribution in [-0.2, 0) is 9.59 Å². The van der Waals surface area contributed by atoms with Crippen LogP contribution in [0.3, 0.4) is 0 Å². The van der Waals surface area contributed by atoms with Crippen LogP contribution in [-0.4, -0.2) is 54.7 Å². The van der Waals surface area contributed by atoms with Crippen molar-refractivity contribution in [1.29, 1.82) is 0 Å². The highest BCUT2D eigenvalue weighted by molar-refractivity contribution is 5.85. The number of anilines is 1. The maximum atomic E-state index is 12.9. The van der Waals surface area contributed by atoms with Crippen molar-refractivity contribution >= 4 is 17.6 Å². The van der Waals surface area contributed by atoms with Crippen LogP contribution < -0.4 is 9.64 Å². The first-order valence-electron chi connectivity index (χ1n) is 9.60. The second kappa shape index (κ2) is 8.43. The van der Waals surface area contributed by atoms with E-state index in [2.05, 4.69) is 4.90 Å². The van der Waals surface area contributed by atoms with E-state index in [1.165, 1.54) is 0 Å². The molecular formula is C20H28N2O4. The van der Waals surface area contributed by atoms with Gasteiger partial charge in [0.15, 0.2) is 0 Å². The third kappa shape index (κ3) is 3.94. The topological polar surface area (TPSA) is 70.1 Å². The second-order valence-corrected chi connectivity index (χ2v) is 7.05. The molecule has 1 heterocycles. The Morgan fingerprint density at radius 1 is 1.08 bits per heavy atom. The smallest absolute Gasteiger partial charge is 0.307 e. The number of para-hydroxylation sites is 2. The molecule has 0 bridgehead atoms. The molecule has 2 atom stereocenters. The summed E-state index contributed by atoms with van der Waals surface area (Å²) in [5.74, 6) is -0.813. The average Bonchev–Trinajstić information content (AvgIpc) is 2.68. The molecule has 1 N–H and O–H groups in total. The van der Waals surface area contributed by atoms with Gasteiger partial charge >= 0.3 is 5.97 Å². The van der Waals surface area contributed by atoms with E-state index in [0.717, 1.165) is 37.4 Å². The van der Waals surface area contributed by atoms with E-state index in [1.54, 1.807) is 0 Å². The molecule has 1 saturated heterocycles. The van der Waals surface area contributed by atoms with Gasteiger partial charge in [-0.2, -0.15) is 0 Å². The molecule has 2 fully saturated rings. The van der Waals surface area contributed by atoms with Crippen LogP contribution in [0.5, 0.6) is 5.75 Å². The summed E-state index contributed by atoms with van der Waals surface area (Å²) in [4.78, 5) is 28.5. The predicted octanol–water partition coefficient (Wildman–Crippen LogP) is 2.62. The zero-order valence-corrected chi connectivity index (χ0v) is 15.4. The first-order valence-corrected chi connectivity index (χ1v) is 9.60. The molecule has 0 unspecified atom stereocenters. The number of nitrogens with zero attached hydrogens (tertiary/aromatic N) is 2. The minimum absolute atomic E-state index is 0.0230. The monoisotopic (exact) mass is 360 g/mol. The van der Waals surface area contributed by atoms with E-state index in [9.17, 15) is 14.7 Å². The molecular weight excluding hydrogens is 332 g/mol. The molecule has 0 spiro atoms. The Hall–Kier alpha value is -2.24. The Morgan fingerprint density at radius 2 is 1.73 bits per heavy atom. The minimum atomic E-state index is -0.827. The normalized spacial score (nSPS) is 23.6. The predicted molar refractivity (Wildman–Crippen MR) is 99.5 cm³/mol. The number of ether oxygens (including phenoxy) is 1. The first kappa shape index (κ1) is 18.5. The lowest BCUT2D eigenvalue weighted by Gasteiger charge is -2.39. The van der Waals surface area contributed by atoms with Gasteiger partial charge in [-0.05, 0) is 31.9 Å². The Morgan fingerprint density at radius 3 is 2.38 bits per heavy atom. The lowest BCUT2D eigenvalue weighted by Crippen LogP contribution is -2.52. The molecule has 6 heteroatoms. The number of rotatable bonds is 5. The Bertz CT molecular complexity index is 640. The molecule has 26 heavy (non-hydrogen) atoms. The number of hydrogen-bond donors (Lipinski definition) is 1. The number of hydrogen-bond acceptors (Lipinski definition) is 4. The van der Waals surface area contributed by atoms with Crippen LogP contribution in [0.4, 0.5) is 5.69 Å². The van der Waals surface area contributed by atoms with Gasteiger partial charge in [-0.3, -0.25) is 9.59 Å². The lowest BCUT2D eigenvalue weighted by molar-refractivity contribution is -0.152. The van der Waals surface area contributed by atoms with Gasteiger partial charge in [0, 0.05) is 26.2 Å². The number of carbonyl (C=O) groups excluding carboxylic acids is 1.